The van der Waals surface area contributed by atoms with Crippen molar-refractivity contribution in [3.63, 3.8) is 0 Å². The molecule has 2 heterocycles. The maximum absolute atomic E-state index is 12.2. The third-order valence-electron chi connectivity index (χ3n) is 3.26. The molecule has 2 aromatic rings. The molecule has 2 rings (SSSR count). The Morgan fingerprint density at radius 3 is 2.72 bits per heavy atom. The number of aromatic nitrogens is 3. The molecule has 136 valence electrons. The van der Waals surface area contributed by atoms with Gasteiger partial charge in [0.05, 0.1) is 22.9 Å². The highest BCUT2D eigenvalue weighted by Crippen LogP contribution is 2.25. The number of rotatable bonds is 7. The second-order valence-electron chi connectivity index (χ2n) is 5.74. The van der Waals surface area contributed by atoms with E-state index in [4.69, 9.17) is 27.9 Å². The minimum atomic E-state index is -0.669. The molecule has 0 radical (unpaired) electrons. The molecule has 0 aliphatic rings. The smallest absolute Gasteiger partial charge is 0.328 e. The van der Waals surface area contributed by atoms with Crippen LogP contribution in [0.15, 0.2) is 17.4 Å². The van der Waals surface area contributed by atoms with Crippen molar-refractivity contribution in [3.05, 3.63) is 22.3 Å². The quantitative estimate of drug-likeness (QED) is 0.563. The lowest BCUT2D eigenvalue weighted by molar-refractivity contribution is -0.145. The standard InChI is InChI=1S/C15H18Cl2N4O3S/c1-8(2)4-11(14(23)24-3)18-12(22)7-25-15-20-19-13-10(17)5-9(16)6-21(13)15/h5-6,8,11H,4,7H2,1-3H3,(H,18,22)/t11-/m1/s1. The van der Waals surface area contributed by atoms with Crippen LogP contribution in [0.2, 0.25) is 10.0 Å². The van der Waals surface area contributed by atoms with Crippen LogP contribution in [0.25, 0.3) is 5.65 Å². The second kappa shape index (κ2) is 8.73. The molecule has 0 saturated heterocycles. The average molecular weight is 405 g/mol. The Morgan fingerprint density at radius 2 is 2.08 bits per heavy atom. The Kier molecular flexibility index (Phi) is 6.92. The fraction of sp³-hybridized carbons (Fsp3) is 0.467. The van der Waals surface area contributed by atoms with E-state index in [9.17, 15) is 9.59 Å². The minimum absolute atomic E-state index is 0.0660. The van der Waals surface area contributed by atoms with Gasteiger partial charge in [-0.25, -0.2) is 4.79 Å². The first-order valence-corrected chi connectivity index (χ1v) is 9.25. The highest BCUT2D eigenvalue weighted by molar-refractivity contribution is 7.99. The van der Waals surface area contributed by atoms with Gasteiger partial charge in [0.2, 0.25) is 5.91 Å². The summed E-state index contributed by atoms with van der Waals surface area (Å²) in [5.41, 5.74) is 0.459. The lowest BCUT2D eigenvalue weighted by Crippen LogP contribution is -2.43. The van der Waals surface area contributed by atoms with Crippen LogP contribution in [0, 0.1) is 5.92 Å². The fourth-order valence-electron chi connectivity index (χ4n) is 2.19. The van der Waals surface area contributed by atoms with Crippen LogP contribution in [-0.4, -0.2) is 45.4 Å². The molecule has 1 N–H and O–H groups in total. The average Bonchev–Trinajstić information content (AvgIpc) is 2.94. The molecular weight excluding hydrogens is 387 g/mol. The van der Waals surface area contributed by atoms with Gasteiger partial charge in [0.1, 0.15) is 6.04 Å². The zero-order valence-corrected chi connectivity index (χ0v) is 16.3. The van der Waals surface area contributed by atoms with E-state index in [1.807, 2.05) is 13.8 Å². The van der Waals surface area contributed by atoms with Gasteiger partial charge in [0.25, 0.3) is 0 Å². The zero-order valence-electron chi connectivity index (χ0n) is 14.0. The van der Waals surface area contributed by atoms with Gasteiger partial charge >= 0.3 is 5.97 Å². The molecule has 10 heteroatoms. The van der Waals surface area contributed by atoms with Crippen LogP contribution in [0.5, 0.6) is 0 Å². The van der Waals surface area contributed by atoms with Gasteiger partial charge in [-0.2, -0.15) is 0 Å². The largest absolute Gasteiger partial charge is 0.467 e. The summed E-state index contributed by atoms with van der Waals surface area (Å²) in [5.74, 6) is -0.456. The van der Waals surface area contributed by atoms with Crippen molar-refractivity contribution in [2.75, 3.05) is 12.9 Å². The monoisotopic (exact) mass is 404 g/mol. The van der Waals surface area contributed by atoms with E-state index >= 15 is 0 Å². The summed E-state index contributed by atoms with van der Waals surface area (Å²) in [6.07, 6.45) is 2.13. The van der Waals surface area contributed by atoms with Gasteiger partial charge in [0, 0.05) is 6.20 Å². The Balaban J connectivity index is 2.03. The van der Waals surface area contributed by atoms with E-state index in [-0.39, 0.29) is 17.6 Å². The number of methoxy groups -OCH3 is 1. The number of hydrogen-bond acceptors (Lipinski definition) is 6. The van der Waals surface area contributed by atoms with Crippen LogP contribution in [0.4, 0.5) is 0 Å². The van der Waals surface area contributed by atoms with E-state index in [2.05, 4.69) is 15.5 Å². The van der Waals surface area contributed by atoms with Crippen molar-refractivity contribution in [2.24, 2.45) is 5.92 Å². The third-order valence-corrected chi connectivity index (χ3v) is 4.68. The van der Waals surface area contributed by atoms with E-state index < -0.39 is 12.0 Å². The molecule has 1 atom stereocenters. The number of thioether (sulfide) groups is 1. The molecule has 7 nitrogen and oxygen atoms in total. The summed E-state index contributed by atoms with van der Waals surface area (Å²) in [6, 6.07) is 0.901. The maximum atomic E-state index is 12.2. The molecule has 1 amide bonds. The lowest BCUT2D eigenvalue weighted by atomic mass is 10.0. The molecule has 0 bridgehead atoms. The highest BCUT2D eigenvalue weighted by atomic mass is 35.5. The minimum Gasteiger partial charge on any atom is -0.467 e. The number of esters is 1. The van der Waals surface area contributed by atoms with Crippen molar-refractivity contribution in [1.29, 1.82) is 0 Å². The van der Waals surface area contributed by atoms with Crippen molar-refractivity contribution >= 4 is 52.5 Å². The first-order chi connectivity index (χ1) is 11.8. The van der Waals surface area contributed by atoms with Gasteiger partial charge in [-0.05, 0) is 18.4 Å². The topological polar surface area (TPSA) is 85.6 Å². The van der Waals surface area contributed by atoms with Gasteiger partial charge in [-0.3, -0.25) is 9.20 Å². The highest BCUT2D eigenvalue weighted by Gasteiger charge is 2.23. The van der Waals surface area contributed by atoms with Crippen LogP contribution < -0.4 is 5.32 Å². The number of carbonyl (C=O) groups is 2. The summed E-state index contributed by atoms with van der Waals surface area (Å²) >= 11 is 13.2. The number of halogens is 2. The molecular formula is C15H18Cl2N4O3S. The molecule has 25 heavy (non-hydrogen) atoms. The Bertz CT molecular complexity index is 781. The zero-order chi connectivity index (χ0) is 18.6. The Labute approximate surface area is 159 Å². The van der Waals surface area contributed by atoms with Gasteiger partial charge in [-0.1, -0.05) is 48.8 Å². The number of pyridine rings is 1. The summed E-state index contributed by atoms with van der Waals surface area (Å²) in [6.45, 7) is 3.93. The van der Waals surface area contributed by atoms with Crippen molar-refractivity contribution in [2.45, 2.75) is 31.5 Å². The van der Waals surface area contributed by atoms with E-state index in [0.29, 0.717) is 27.3 Å². The first-order valence-electron chi connectivity index (χ1n) is 7.51. The number of fused-ring (bicyclic) bond motifs is 1. The fourth-order valence-corrected chi connectivity index (χ4v) is 3.42. The SMILES string of the molecule is COC(=O)[C@@H](CC(C)C)NC(=O)CSc1nnc2c(Cl)cc(Cl)cn12. The summed E-state index contributed by atoms with van der Waals surface area (Å²) in [4.78, 5) is 23.9. The number of carbonyl (C=O) groups excluding carboxylic acids is 2. The number of nitrogens with one attached hydrogen (secondary N) is 1. The molecule has 0 aliphatic carbocycles. The van der Waals surface area contributed by atoms with Gasteiger partial charge in [-0.15, -0.1) is 10.2 Å². The summed E-state index contributed by atoms with van der Waals surface area (Å²) < 4.78 is 6.35. The Morgan fingerprint density at radius 1 is 1.36 bits per heavy atom. The maximum Gasteiger partial charge on any atom is 0.328 e. The summed E-state index contributed by atoms with van der Waals surface area (Å²) in [7, 11) is 1.30. The van der Waals surface area contributed by atoms with Crippen molar-refractivity contribution in [3.8, 4) is 0 Å². The van der Waals surface area contributed by atoms with Crippen molar-refractivity contribution in [1.82, 2.24) is 19.9 Å². The molecule has 0 fully saturated rings. The number of hydrogen-bond donors (Lipinski definition) is 1. The number of ether oxygens (including phenoxy) is 1. The van der Waals surface area contributed by atoms with Gasteiger partial charge in [0.15, 0.2) is 10.8 Å². The normalized spacial score (nSPS) is 12.4. The second-order valence-corrected chi connectivity index (χ2v) is 7.53. The van der Waals surface area contributed by atoms with E-state index in [1.165, 1.54) is 18.9 Å². The van der Waals surface area contributed by atoms with Crippen LogP contribution in [0.3, 0.4) is 0 Å². The van der Waals surface area contributed by atoms with Crippen LogP contribution in [-0.2, 0) is 14.3 Å². The predicted molar refractivity (Wildman–Crippen MR) is 97.1 cm³/mol. The molecule has 2 aromatic heterocycles. The molecule has 0 saturated carbocycles. The molecule has 0 unspecified atom stereocenters. The molecule has 0 aromatic carbocycles. The summed E-state index contributed by atoms with van der Waals surface area (Å²) in [5, 5.41) is 12.0. The van der Waals surface area contributed by atoms with Crippen molar-refractivity contribution < 1.29 is 14.3 Å². The predicted octanol–water partition coefficient (Wildman–Crippen LogP) is 2.83. The third kappa shape index (κ3) is 5.23. The first kappa shape index (κ1) is 19.8. The lowest BCUT2D eigenvalue weighted by Gasteiger charge is -2.18. The number of amides is 1. The molecule has 0 spiro atoms. The molecule has 0 aliphatic heterocycles. The van der Waals surface area contributed by atoms with E-state index in [1.54, 1.807) is 16.7 Å². The van der Waals surface area contributed by atoms with E-state index in [0.717, 1.165) is 0 Å². The van der Waals surface area contributed by atoms with Crippen LogP contribution in [0.1, 0.15) is 20.3 Å². The van der Waals surface area contributed by atoms with Gasteiger partial charge < -0.3 is 10.1 Å². The number of nitrogens with zero attached hydrogens (tertiary/aromatic N) is 3. The Hall–Kier alpha value is -1.51. The van der Waals surface area contributed by atoms with Crippen LogP contribution >= 0.6 is 35.0 Å².